The molecule has 0 spiro atoms. The van der Waals surface area contributed by atoms with Gasteiger partial charge >= 0.3 is 12.2 Å². The van der Waals surface area contributed by atoms with E-state index < -0.39 is 98.4 Å². The van der Waals surface area contributed by atoms with Crippen LogP contribution in [0.3, 0.4) is 0 Å². The second kappa shape index (κ2) is 17.2. The SMILES string of the molecule is CC(C)(C)OC(=O)N[C@H]1CCCCCC=C[C@H]2C[C@@]2(C(=O)NS(=O)(=O)c2ccccc2OCC(N)=O)NC(=O)[C@@H]2C[C@@H](OC(=O)N3Cc4cccc(F)c4C3)CN2C1=O. The Balaban J connectivity index is 1.27. The summed E-state index contributed by atoms with van der Waals surface area (Å²) >= 11 is 0. The van der Waals surface area contributed by atoms with Crippen molar-refractivity contribution in [2.24, 2.45) is 11.7 Å². The number of nitrogens with one attached hydrogen (secondary N) is 3. The Morgan fingerprint density at radius 3 is 2.53 bits per heavy atom. The minimum atomic E-state index is -4.65. The fourth-order valence-corrected chi connectivity index (χ4v) is 8.74. The van der Waals surface area contributed by atoms with Crippen molar-refractivity contribution in [3.8, 4) is 5.75 Å². The Morgan fingerprint density at radius 1 is 1.03 bits per heavy atom. The molecule has 0 aromatic heterocycles. The van der Waals surface area contributed by atoms with Gasteiger partial charge in [0.15, 0.2) is 6.61 Å². The minimum absolute atomic E-state index is 0.0183. The number of halogens is 1. The average Bonchev–Trinajstić information content (AvgIpc) is 3.45. The van der Waals surface area contributed by atoms with Gasteiger partial charge in [-0.2, -0.15) is 0 Å². The predicted molar refractivity (Wildman–Crippen MR) is 207 cm³/mol. The number of nitrogens with two attached hydrogens (primary N) is 1. The molecule has 3 aliphatic heterocycles. The molecule has 19 heteroatoms. The van der Waals surface area contributed by atoms with Crippen molar-refractivity contribution in [2.75, 3.05) is 13.2 Å². The quantitative estimate of drug-likeness (QED) is 0.282. The van der Waals surface area contributed by atoms with Crippen LogP contribution in [0, 0.1) is 11.7 Å². The number of para-hydroxylation sites is 1. The van der Waals surface area contributed by atoms with Crippen LogP contribution < -0.4 is 25.8 Å². The molecule has 1 saturated heterocycles. The number of alkyl carbamates (subject to hydrolysis) is 1. The highest BCUT2D eigenvalue weighted by molar-refractivity contribution is 7.90. The second-order valence-corrected chi connectivity index (χ2v) is 17.8. The van der Waals surface area contributed by atoms with E-state index in [-0.39, 0.29) is 44.6 Å². The van der Waals surface area contributed by atoms with Gasteiger partial charge in [0.2, 0.25) is 11.8 Å². The number of hydrogen-bond acceptors (Lipinski definition) is 11. The van der Waals surface area contributed by atoms with Crippen molar-refractivity contribution < 1.29 is 55.8 Å². The smallest absolute Gasteiger partial charge is 0.410 e. The third-order valence-corrected chi connectivity index (χ3v) is 11.9. The highest BCUT2D eigenvalue weighted by Gasteiger charge is 2.62. The molecule has 2 aromatic rings. The zero-order valence-electron chi connectivity index (χ0n) is 33.0. The lowest BCUT2D eigenvalue weighted by Gasteiger charge is -2.30. The molecule has 17 nitrogen and oxygen atoms in total. The Hall–Kier alpha value is -5.72. The lowest BCUT2D eigenvalue weighted by atomic mass is 10.0. The molecule has 6 amide bonds. The van der Waals surface area contributed by atoms with Gasteiger partial charge in [-0.05, 0) is 70.2 Å². The molecule has 4 aliphatic rings. The molecule has 5 atom stereocenters. The van der Waals surface area contributed by atoms with E-state index in [0.717, 1.165) is 0 Å². The van der Waals surface area contributed by atoms with Gasteiger partial charge in [-0.25, -0.2) is 27.1 Å². The highest BCUT2D eigenvalue weighted by atomic mass is 32.2. The standard InChI is InChI=1S/C40H49FN6O11S/c1-39(2,3)58-37(52)43-29-15-8-6-4-5-7-13-25-19-40(25,36(51)45-59(54,55)32-17-10-9-16-31(32)56-23-33(42)48)44-34(49)30-18-26(21-47(30)35(29)50)57-38(53)46-20-24-12-11-14-28(41)27(24)22-46/h7,9-14,16-17,25-26,29-30H,4-6,8,15,18-23H2,1-3H3,(H2,42,48)(H,43,52)(H,44,49)(H,45,51)/t25-,26+,29-,30-,40+/m0/s1. The Kier molecular flexibility index (Phi) is 12.5. The molecule has 0 unspecified atom stereocenters. The van der Waals surface area contributed by atoms with E-state index in [0.29, 0.717) is 36.8 Å². The predicted octanol–water partition coefficient (Wildman–Crippen LogP) is 2.91. The number of amides is 6. The number of benzene rings is 2. The first-order valence-electron chi connectivity index (χ1n) is 19.4. The molecule has 2 fully saturated rings. The van der Waals surface area contributed by atoms with Crippen molar-refractivity contribution in [1.82, 2.24) is 25.2 Å². The van der Waals surface area contributed by atoms with Gasteiger partial charge in [0.1, 0.15) is 45.8 Å². The van der Waals surface area contributed by atoms with E-state index in [4.69, 9.17) is 19.9 Å². The van der Waals surface area contributed by atoms with Gasteiger partial charge in [0.05, 0.1) is 13.1 Å². The number of rotatable bonds is 8. The molecule has 6 rings (SSSR count). The summed E-state index contributed by atoms with van der Waals surface area (Å²) in [5.41, 5.74) is 3.50. The highest BCUT2D eigenvalue weighted by Crippen LogP contribution is 2.46. The van der Waals surface area contributed by atoms with Crippen LogP contribution in [0.2, 0.25) is 0 Å². The van der Waals surface area contributed by atoms with Gasteiger partial charge in [0.25, 0.3) is 21.8 Å². The van der Waals surface area contributed by atoms with Crippen LogP contribution in [0.5, 0.6) is 5.75 Å². The van der Waals surface area contributed by atoms with Gasteiger partial charge in [0, 0.05) is 24.4 Å². The van der Waals surface area contributed by atoms with E-state index in [9.17, 15) is 41.6 Å². The first-order chi connectivity index (χ1) is 27.9. The number of fused-ring (bicyclic) bond motifs is 3. The van der Waals surface area contributed by atoms with Gasteiger partial charge in [-0.15, -0.1) is 0 Å². The fraction of sp³-hybridized carbons (Fsp3) is 0.500. The molecule has 0 radical (unpaired) electrons. The number of hydrogen-bond donors (Lipinski definition) is 4. The Labute approximate surface area is 341 Å². The Morgan fingerprint density at radius 2 is 1.80 bits per heavy atom. The molecule has 5 N–H and O–H groups in total. The number of allylic oxidation sites excluding steroid dienone is 1. The monoisotopic (exact) mass is 840 g/mol. The largest absolute Gasteiger partial charge is 0.482 e. The van der Waals surface area contributed by atoms with Crippen molar-refractivity contribution >= 4 is 45.8 Å². The maximum Gasteiger partial charge on any atom is 0.410 e. The summed E-state index contributed by atoms with van der Waals surface area (Å²) < 4.78 is 60.4. The number of nitrogens with zero attached hydrogens (tertiary/aromatic N) is 2. The van der Waals surface area contributed by atoms with Crippen molar-refractivity contribution in [3.63, 3.8) is 0 Å². The van der Waals surface area contributed by atoms with Crippen LogP contribution in [0.1, 0.15) is 76.8 Å². The lowest BCUT2D eigenvalue weighted by molar-refractivity contribution is -0.141. The topological polar surface area (TPSA) is 233 Å². The summed E-state index contributed by atoms with van der Waals surface area (Å²) in [5, 5.41) is 5.38. The van der Waals surface area contributed by atoms with Crippen LogP contribution in [-0.4, -0.2) is 96.5 Å². The van der Waals surface area contributed by atoms with Gasteiger partial charge in [-0.3, -0.25) is 24.1 Å². The summed E-state index contributed by atoms with van der Waals surface area (Å²) in [6.45, 7) is 4.17. The Bertz CT molecular complexity index is 2140. The summed E-state index contributed by atoms with van der Waals surface area (Å²) in [5.74, 6) is -4.72. The van der Waals surface area contributed by atoms with Gasteiger partial charge in [-0.1, -0.05) is 49.3 Å². The van der Waals surface area contributed by atoms with Crippen LogP contribution in [-0.2, 0) is 51.8 Å². The molecule has 2 aromatic carbocycles. The molecule has 1 saturated carbocycles. The normalized spacial score (nSPS) is 24.6. The average molecular weight is 841 g/mol. The van der Waals surface area contributed by atoms with Crippen LogP contribution in [0.25, 0.3) is 0 Å². The molecule has 318 valence electrons. The molecule has 0 bridgehead atoms. The van der Waals surface area contributed by atoms with E-state index in [1.54, 1.807) is 39.0 Å². The summed E-state index contributed by atoms with van der Waals surface area (Å²) in [4.78, 5) is 82.8. The van der Waals surface area contributed by atoms with Crippen molar-refractivity contribution in [2.45, 2.75) is 113 Å². The van der Waals surface area contributed by atoms with E-state index in [1.165, 1.54) is 40.1 Å². The summed E-state index contributed by atoms with van der Waals surface area (Å²) in [7, 11) is -4.65. The zero-order valence-corrected chi connectivity index (χ0v) is 33.8. The number of primary amides is 1. The van der Waals surface area contributed by atoms with Crippen LogP contribution in [0.15, 0.2) is 59.5 Å². The number of ether oxygens (including phenoxy) is 3. The van der Waals surface area contributed by atoms with E-state index in [2.05, 4.69) is 15.4 Å². The lowest BCUT2D eigenvalue weighted by Crippen LogP contribution is -2.58. The number of carbonyl (C=O) groups excluding carboxylic acids is 6. The van der Waals surface area contributed by atoms with E-state index >= 15 is 0 Å². The molecule has 1 aliphatic carbocycles. The van der Waals surface area contributed by atoms with Crippen molar-refractivity contribution in [3.05, 3.63) is 71.6 Å². The minimum Gasteiger partial charge on any atom is -0.482 e. The maximum atomic E-state index is 14.5. The summed E-state index contributed by atoms with van der Waals surface area (Å²) in [6.07, 6.45) is 3.37. The van der Waals surface area contributed by atoms with Gasteiger partial charge < -0.3 is 35.5 Å². The maximum absolute atomic E-state index is 14.5. The molecule has 59 heavy (non-hydrogen) atoms. The van der Waals surface area contributed by atoms with Crippen LogP contribution in [0.4, 0.5) is 14.0 Å². The third-order valence-electron chi connectivity index (χ3n) is 10.5. The summed E-state index contributed by atoms with van der Waals surface area (Å²) in [6, 6.07) is 7.38. The first-order valence-corrected chi connectivity index (χ1v) is 20.9. The molecule has 3 heterocycles. The molecular weight excluding hydrogens is 792 g/mol. The fourth-order valence-electron chi connectivity index (χ4n) is 7.55. The molecular formula is C40H49FN6O11S. The number of sulfonamides is 1. The third kappa shape index (κ3) is 10.1. The number of carbonyl (C=O) groups is 6. The zero-order chi connectivity index (χ0) is 42.7. The van der Waals surface area contributed by atoms with Crippen LogP contribution >= 0.6 is 0 Å². The van der Waals surface area contributed by atoms with E-state index in [1.807, 2.05) is 6.08 Å². The second-order valence-electron chi connectivity index (χ2n) is 16.2. The van der Waals surface area contributed by atoms with Crippen molar-refractivity contribution in [1.29, 1.82) is 0 Å². The first kappa shape index (κ1) is 42.9.